The Bertz CT molecular complexity index is 1260. The van der Waals surface area contributed by atoms with E-state index < -0.39 is 5.97 Å². The minimum Gasteiger partial charge on any atom is -0.453 e. The molecule has 0 bridgehead atoms. The van der Waals surface area contributed by atoms with Gasteiger partial charge in [-0.3, -0.25) is 9.20 Å². The summed E-state index contributed by atoms with van der Waals surface area (Å²) >= 11 is 6.11. The second-order valence-corrected chi connectivity index (χ2v) is 6.68. The van der Waals surface area contributed by atoms with Crippen LogP contribution in [0.3, 0.4) is 0 Å². The summed E-state index contributed by atoms with van der Waals surface area (Å²) in [6, 6.07) is 10.3. The third-order valence-corrected chi connectivity index (χ3v) is 4.61. The number of pyridine rings is 1. The molecule has 3 aromatic heterocycles. The Hall–Kier alpha value is -3.12. The molecule has 0 unspecified atom stereocenters. The number of rotatable bonds is 3. The minimum absolute atomic E-state index is 0.0891. The van der Waals surface area contributed by atoms with Gasteiger partial charge in [0.25, 0.3) is 5.56 Å². The van der Waals surface area contributed by atoms with Crippen molar-refractivity contribution in [2.45, 2.75) is 20.5 Å². The fourth-order valence-electron chi connectivity index (χ4n) is 2.94. The summed E-state index contributed by atoms with van der Waals surface area (Å²) in [5.41, 5.74) is 2.67. The second-order valence-electron chi connectivity index (χ2n) is 6.27. The number of aromatic nitrogens is 2. The Balaban J connectivity index is 1.60. The standard InChI is InChI=1S/C20H15ClN2O4/c1-11-6-7-16-22-13(8-17(24)23(16)9-11)10-26-20(25)18-12(2)14-4-3-5-15(21)19(14)27-18/h3-9H,10H2,1-2H3. The van der Waals surface area contributed by atoms with Crippen LogP contribution >= 0.6 is 11.6 Å². The quantitative estimate of drug-likeness (QED) is 0.499. The first-order chi connectivity index (χ1) is 12.9. The average molecular weight is 383 g/mol. The monoisotopic (exact) mass is 382 g/mol. The summed E-state index contributed by atoms with van der Waals surface area (Å²) in [5, 5.41) is 1.18. The maximum Gasteiger partial charge on any atom is 0.374 e. The van der Waals surface area contributed by atoms with E-state index >= 15 is 0 Å². The number of esters is 1. The first-order valence-corrected chi connectivity index (χ1v) is 8.65. The van der Waals surface area contributed by atoms with Gasteiger partial charge in [-0.25, -0.2) is 9.78 Å². The van der Waals surface area contributed by atoms with E-state index in [0.29, 0.717) is 27.5 Å². The highest BCUT2D eigenvalue weighted by Gasteiger charge is 2.20. The SMILES string of the molecule is Cc1ccc2nc(COC(=O)c3oc4c(Cl)cccc4c3C)cc(=O)n2c1. The van der Waals surface area contributed by atoms with Gasteiger partial charge in [-0.05, 0) is 31.5 Å². The predicted molar refractivity (Wildman–Crippen MR) is 101 cm³/mol. The lowest BCUT2D eigenvalue weighted by molar-refractivity contribution is 0.0432. The molecule has 0 aliphatic carbocycles. The van der Waals surface area contributed by atoms with Crippen LogP contribution in [0.5, 0.6) is 0 Å². The summed E-state index contributed by atoms with van der Waals surface area (Å²) in [4.78, 5) is 29.0. The van der Waals surface area contributed by atoms with Crippen molar-refractivity contribution in [2.75, 3.05) is 0 Å². The van der Waals surface area contributed by atoms with Crippen molar-refractivity contribution in [2.24, 2.45) is 0 Å². The highest BCUT2D eigenvalue weighted by Crippen LogP contribution is 2.31. The van der Waals surface area contributed by atoms with Crippen molar-refractivity contribution >= 4 is 34.2 Å². The molecule has 0 atom stereocenters. The molecule has 6 nitrogen and oxygen atoms in total. The Kier molecular flexibility index (Phi) is 4.20. The molecule has 0 fully saturated rings. The average Bonchev–Trinajstić information content (AvgIpc) is 2.99. The number of benzene rings is 1. The van der Waals surface area contributed by atoms with Crippen molar-refractivity contribution in [3.05, 3.63) is 80.6 Å². The molecule has 4 aromatic rings. The Morgan fingerprint density at radius 1 is 1.26 bits per heavy atom. The molecule has 3 heterocycles. The van der Waals surface area contributed by atoms with Gasteiger partial charge in [-0.1, -0.05) is 29.8 Å². The summed E-state index contributed by atoms with van der Waals surface area (Å²) in [6.45, 7) is 3.52. The molecular weight excluding hydrogens is 368 g/mol. The first-order valence-electron chi connectivity index (χ1n) is 8.28. The topological polar surface area (TPSA) is 73.8 Å². The van der Waals surface area contributed by atoms with Crippen LogP contribution in [0.1, 0.15) is 27.4 Å². The molecule has 0 saturated carbocycles. The van der Waals surface area contributed by atoms with Crippen LogP contribution in [0.2, 0.25) is 5.02 Å². The number of ether oxygens (including phenoxy) is 1. The van der Waals surface area contributed by atoms with Gasteiger partial charge in [0.2, 0.25) is 5.76 Å². The fourth-order valence-corrected chi connectivity index (χ4v) is 3.15. The van der Waals surface area contributed by atoms with E-state index in [9.17, 15) is 9.59 Å². The fraction of sp³-hybridized carbons (Fsp3) is 0.150. The van der Waals surface area contributed by atoms with E-state index in [1.165, 1.54) is 10.5 Å². The van der Waals surface area contributed by atoms with Crippen LogP contribution < -0.4 is 5.56 Å². The van der Waals surface area contributed by atoms with E-state index in [1.807, 2.05) is 19.1 Å². The predicted octanol–water partition coefficient (Wildman–Crippen LogP) is 4.07. The van der Waals surface area contributed by atoms with Crippen molar-refractivity contribution in [3.8, 4) is 0 Å². The highest BCUT2D eigenvalue weighted by atomic mass is 35.5. The molecule has 0 saturated heterocycles. The highest BCUT2D eigenvalue weighted by molar-refractivity contribution is 6.35. The van der Waals surface area contributed by atoms with Crippen LogP contribution in [-0.4, -0.2) is 15.4 Å². The number of para-hydroxylation sites is 1. The van der Waals surface area contributed by atoms with E-state index in [4.69, 9.17) is 20.8 Å². The normalized spacial score (nSPS) is 11.2. The number of hydrogen-bond donors (Lipinski definition) is 0. The zero-order valence-electron chi connectivity index (χ0n) is 14.7. The third-order valence-electron chi connectivity index (χ3n) is 4.31. The van der Waals surface area contributed by atoms with Crippen LogP contribution in [0.4, 0.5) is 0 Å². The maximum absolute atomic E-state index is 12.4. The maximum atomic E-state index is 12.4. The van der Waals surface area contributed by atoms with Crippen molar-refractivity contribution in [1.82, 2.24) is 9.38 Å². The van der Waals surface area contributed by atoms with E-state index in [0.717, 1.165) is 10.9 Å². The van der Waals surface area contributed by atoms with Gasteiger partial charge in [-0.2, -0.15) is 0 Å². The number of carbonyl (C=O) groups excluding carboxylic acids is 1. The molecule has 7 heteroatoms. The van der Waals surface area contributed by atoms with Gasteiger partial charge < -0.3 is 9.15 Å². The molecule has 0 amide bonds. The Morgan fingerprint density at radius 3 is 2.85 bits per heavy atom. The van der Waals surface area contributed by atoms with Gasteiger partial charge in [-0.15, -0.1) is 0 Å². The molecule has 0 radical (unpaired) electrons. The van der Waals surface area contributed by atoms with Crippen LogP contribution in [0.25, 0.3) is 16.6 Å². The lowest BCUT2D eigenvalue weighted by atomic mass is 10.1. The van der Waals surface area contributed by atoms with Gasteiger partial charge >= 0.3 is 5.97 Å². The molecule has 1 aromatic carbocycles. The van der Waals surface area contributed by atoms with E-state index in [1.54, 1.807) is 31.3 Å². The number of hydrogen-bond acceptors (Lipinski definition) is 5. The summed E-state index contributed by atoms with van der Waals surface area (Å²) < 4.78 is 12.4. The van der Waals surface area contributed by atoms with Gasteiger partial charge in [0.15, 0.2) is 5.58 Å². The first kappa shape index (κ1) is 17.3. The molecule has 0 aliphatic rings. The molecule has 0 N–H and O–H groups in total. The molecule has 0 spiro atoms. The Morgan fingerprint density at radius 2 is 2.07 bits per heavy atom. The zero-order valence-corrected chi connectivity index (χ0v) is 15.4. The summed E-state index contributed by atoms with van der Waals surface area (Å²) in [5.74, 6) is -0.545. The molecule has 0 aliphatic heterocycles. The van der Waals surface area contributed by atoms with Crippen molar-refractivity contribution in [1.29, 1.82) is 0 Å². The number of carbonyl (C=O) groups is 1. The third kappa shape index (κ3) is 3.08. The smallest absolute Gasteiger partial charge is 0.374 e. The van der Waals surface area contributed by atoms with E-state index in [2.05, 4.69) is 4.98 Å². The van der Waals surface area contributed by atoms with Crippen LogP contribution in [0.15, 0.2) is 51.8 Å². The number of fused-ring (bicyclic) bond motifs is 2. The van der Waals surface area contributed by atoms with Crippen LogP contribution in [-0.2, 0) is 11.3 Å². The summed E-state index contributed by atoms with van der Waals surface area (Å²) in [7, 11) is 0. The molecule has 27 heavy (non-hydrogen) atoms. The number of nitrogens with zero attached hydrogens (tertiary/aromatic N) is 2. The van der Waals surface area contributed by atoms with Gasteiger partial charge in [0, 0.05) is 23.2 Å². The largest absolute Gasteiger partial charge is 0.453 e. The van der Waals surface area contributed by atoms with Crippen LogP contribution in [0, 0.1) is 13.8 Å². The summed E-state index contributed by atoms with van der Waals surface area (Å²) in [6.07, 6.45) is 1.71. The Labute approximate surface area is 159 Å². The molecule has 136 valence electrons. The lowest BCUT2D eigenvalue weighted by Gasteiger charge is -2.06. The van der Waals surface area contributed by atoms with E-state index in [-0.39, 0.29) is 17.9 Å². The van der Waals surface area contributed by atoms with Crippen molar-refractivity contribution < 1.29 is 13.9 Å². The minimum atomic E-state index is -0.634. The van der Waals surface area contributed by atoms with Crippen molar-refractivity contribution in [3.63, 3.8) is 0 Å². The zero-order chi connectivity index (χ0) is 19.1. The second kappa shape index (κ2) is 6.55. The number of furan rings is 1. The number of halogens is 1. The van der Waals surface area contributed by atoms with Gasteiger partial charge in [0.1, 0.15) is 12.3 Å². The molecular formula is C20H15ClN2O4. The van der Waals surface area contributed by atoms with Gasteiger partial charge in [0.05, 0.1) is 10.7 Å². The molecule has 4 rings (SSSR count). The number of aryl methyl sites for hydroxylation is 2. The lowest BCUT2D eigenvalue weighted by Crippen LogP contribution is -2.17.